The second-order valence-corrected chi connectivity index (χ2v) is 11.6. The van der Waals surface area contributed by atoms with E-state index in [1.165, 1.54) is 4.57 Å². The van der Waals surface area contributed by atoms with Gasteiger partial charge in [0.05, 0.1) is 29.4 Å². The van der Waals surface area contributed by atoms with Crippen LogP contribution in [-0.4, -0.2) is 60.9 Å². The Kier molecular flexibility index (Phi) is 6.10. The number of carbonyl (C=O) groups is 1. The molecule has 4 aromatic heterocycles. The van der Waals surface area contributed by atoms with Crippen LogP contribution in [0.5, 0.6) is 0 Å². The first kappa shape index (κ1) is 25.6. The maximum Gasteiger partial charge on any atom is 0.410 e. The Morgan fingerprint density at radius 2 is 1.80 bits per heavy atom. The summed E-state index contributed by atoms with van der Waals surface area (Å²) < 4.78 is 8.87. The number of carbonyl (C=O) groups excluding carboxylic acids is 1. The molecule has 1 amide bonds. The van der Waals surface area contributed by atoms with Gasteiger partial charge in [-0.1, -0.05) is 0 Å². The molecule has 2 aliphatic heterocycles. The third-order valence-electron chi connectivity index (χ3n) is 7.64. The third kappa shape index (κ3) is 4.57. The summed E-state index contributed by atoms with van der Waals surface area (Å²) in [7, 11) is 1.71. The number of aromatic nitrogens is 4. The zero-order valence-electron chi connectivity index (χ0n) is 23.0. The molecule has 4 aromatic rings. The number of piperazine rings is 1. The maximum atomic E-state index is 12.8. The van der Waals surface area contributed by atoms with E-state index in [0.717, 1.165) is 40.9 Å². The SMILES string of the molecule is Cn1ccc(-c2cc(-c3ccc(N4CC5CCC(C4)N5C(=O)OC(C)(C)C)nc3)c3c(C#N)cnn3c2)cc1=O. The van der Waals surface area contributed by atoms with Crippen molar-refractivity contribution >= 4 is 17.4 Å². The molecule has 0 aromatic carbocycles. The molecule has 2 fully saturated rings. The van der Waals surface area contributed by atoms with Gasteiger partial charge in [0.1, 0.15) is 17.5 Å². The van der Waals surface area contributed by atoms with E-state index in [4.69, 9.17) is 9.72 Å². The van der Waals surface area contributed by atoms with Gasteiger partial charge in [-0.25, -0.2) is 14.3 Å². The van der Waals surface area contributed by atoms with Crippen LogP contribution in [0.15, 0.2) is 59.9 Å². The van der Waals surface area contributed by atoms with Crippen LogP contribution in [0.3, 0.4) is 0 Å². The lowest BCUT2D eigenvalue weighted by atomic mass is 10.0. The second-order valence-electron chi connectivity index (χ2n) is 11.6. The zero-order valence-corrected chi connectivity index (χ0v) is 23.0. The molecule has 6 heterocycles. The van der Waals surface area contributed by atoms with E-state index in [-0.39, 0.29) is 23.7 Å². The van der Waals surface area contributed by atoms with Crippen molar-refractivity contribution < 1.29 is 9.53 Å². The minimum Gasteiger partial charge on any atom is -0.444 e. The molecule has 10 heteroatoms. The van der Waals surface area contributed by atoms with E-state index in [2.05, 4.69) is 16.1 Å². The number of amides is 1. The highest BCUT2D eigenvalue weighted by Crippen LogP contribution is 2.35. The first-order valence-electron chi connectivity index (χ1n) is 13.4. The van der Waals surface area contributed by atoms with Crippen molar-refractivity contribution in [1.82, 2.24) is 24.1 Å². The average Bonchev–Trinajstić information content (AvgIpc) is 3.46. The lowest BCUT2D eigenvalue weighted by molar-refractivity contribution is 0.0122. The molecule has 0 radical (unpaired) electrons. The molecule has 6 rings (SSSR count). The van der Waals surface area contributed by atoms with Gasteiger partial charge >= 0.3 is 6.09 Å². The van der Waals surface area contributed by atoms with Crippen LogP contribution in [-0.2, 0) is 11.8 Å². The van der Waals surface area contributed by atoms with Crippen LogP contribution in [0.4, 0.5) is 10.6 Å². The lowest BCUT2D eigenvalue weighted by Gasteiger charge is -2.41. The van der Waals surface area contributed by atoms with Crippen molar-refractivity contribution in [3.63, 3.8) is 0 Å². The Balaban J connectivity index is 1.31. The highest BCUT2D eigenvalue weighted by Gasteiger charge is 2.44. The minimum absolute atomic E-state index is 0.0925. The fraction of sp³-hybridized carbons (Fsp3) is 0.367. The summed E-state index contributed by atoms with van der Waals surface area (Å²) >= 11 is 0. The number of anilines is 1. The quantitative estimate of drug-likeness (QED) is 0.385. The van der Waals surface area contributed by atoms with Crippen molar-refractivity contribution in [3.05, 3.63) is 71.0 Å². The first-order valence-corrected chi connectivity index (χ1v) is 13.4. The van der Waals surface area contributed by atoms with Gasteiger partial charge in [-0.05, 0) is 63.4 Å². The molecular weight excluding hydrogens is 506 g/mol. The Bertz CT molecular complexity index is 1690. The second kappa shape index (κ2) is 9.52. The number of hydrogen-bond acceptors (Lipinski definition) is 7. The number of nitriles is 1. The topological polar surface area (TPSA) is 109 Å². The molecule has 0 spiro atoms. The standard InChI is InChI=1S/C30H31N7O3/c1-30(2,3)40-29(39)37-23-6-7-24(37)18-35(17-23)26-8-5-20(14-32-26)25-11-21(19-9-10-34(4)27(38)12-19)16-36-28(25)22(13-31)15-33-36/h5,8-12,14-16,23-24H,6-7,17-18H2,1-4H3. The highest BCUT2D eigenvalue weighted by atomic mass is 16.6. The summed E-state index contributed by atoms with van der Waals surface area (Å²) in [5.41, 5.74) is 3.75. The summed E-state index contributed by atoms with van der Waals surface area (Å²) in [6, 6.07) is 11.9. The third-order valence-corrected chi connectivity index (χ3v) is 7.64. The number of rotatable bonds is 3. The Labute approximate surface area is 232 Å². The van der Waals surface area contributed by atoms with Crippen LogP contribution in [0, 0.1) is 11.3 Å². The molecule has 2 unspecified atom stereocenters. The van der Waals surface area contributed by atoms with Gasteiger partial charge in [0, 0.05) is 61.5 Å². The van der Waals surface area contributed by atoms with Gasteiger partial charge in [-0.2, -0.15) is 10.4 Å². The van der Waals surface area contributed by atoms with Crippen molar-refractivity contribution in [2.75, 3.05) is 18.0 Å². The van der Waals surface area contributed by atoms with Crippen LogP contribution in [0.25, 0.3) is 27.8 Å². The zero-order chi connectivity index (χ0) is 28.2. The molecular formula is C30H31N7O3. The predicted octanol–water partition coefficient (Wildman–Crippen LogP) is 4.22. The van der Waals surface area contributed by atoms with Gasteiger partial charge < -0.3 is 14.2 Å². The summed E-state index contributed by atoms with van der Waals surface area (Å²) in [5, 5.41) is 14.1. The normalized spacial score (nSPS) is 18.7. The number of aryl methyl sites for hydroxylation is 1. The molecule has 2 bridgehead atoms. The summed E-state index contributed by atoms with van der Waals surface area (Å²) in [6.07, 6.45) is 8.59. The van der Waals surface area contributed by atoms with Gasteiger partial charge in [0.15, 0.2) is 0 Å². The van der Waals surface area contributed by atoms with Gasteiger partial charge in [-0.3, -0.25) is 9.69 Å². The lowest BCUT2D eigenvalue weighted by Crippen LogP contribution is -2.57. The average molecular weight is 538 g/mol. The molecule has 40 heavy (non-hydrogen) atoms. The first-order chi connectivity index (χ1) is 19.1. The molecule has 2 saturated heterocycles. The van der Waals surface area contributed by atoms with E-state index in [9.17, 15) is 14.9 Å². The summed E-state index contributed by atoms with van der Waals surface area (Å²) in [5.74, 6) is 0.845. The van der Waals surface area contributed by atoms with Gasteiger partial charge in [0.25, 0.3) is 5.56 Å². The molecule has 0 N–H and O–H groups in total. The summed E-state index contributed by atoms with van der Waals surface area (Å²) in [6.45, 7) is 7.07. The molecule has 204 valence electrons. The number of fused-ring (bicyclic) bond motifs is 3. The molecule has 2 atom stereocenters. The van der Waals surface area contributed by atoms with Crippen LogP contribution < -0.4 is 10.5 Å². The van der Waals surface area contributed by atoms with E-state index < -0.39 is 5.60 Å². The van der Waals surface area contributed by atoms with E-state index in [1.807, 2.05) is 62.3 Å². The number of nitrogens with zero attached hydrogens (tertiary/aromatic N) is 7. The number of ether oxygens (including phenoxy) is 1. The van der Waals surface area contributed by atoms with Crippen molar-refractivity contribution in [1.29, 1.82) is 5.26 Å². The van der Waals surface area contributed by atoms with Crippen molar-refractivity contribution in [2.45, 2.75) is 51.3 Å². The Hall–Kier alpha value is -4.65. The Morgan fingerprint density at radius 1 is 1.05 bits per heavy atom. The molecule has 2 aliphatic rings. The van der Waals surface area contributed by atoms with Crippen molar-refractivity contribution in [3.8, 4) is 28.3 Å². The smallest absolute Gasteiger partial charge is 0.410 e. The fourth-order valence-corrected chi connectivity index (χ4v) is 5.74. The predicted molar refractivity (Wildman–Crippen MR) is 151 cm³/mol. The number of hydrogen-bond donors (Lipinski definition) is 0. The Morgan fingerprint density at radius 3 is 2.42 bits per heavy atom. The minimum atomic E-state index is -0.523. The van der Waals surface area contributed by atoms with Crippen LogP contribution >= 0.6 is 0 Å². The molecule has 10 nitrogen and oxygen atoms in total. The fourth-order valence-electron chi connectivity index (χ4n) is 5.74. The monoisotopic (exact) mass is 537 g/mol. The van der Waals surface area contributed by atoms with Gasteiger partial charge in [0.2, 0.25) is 0 Å². The van der Waals surface area contributed by atoms with Crippen molar-refractivity contribution in [2.24, 2.45) is 7.05 Å². The maximum absolute atomic E-state index is 12.8. The van der Waals surface area contributed by atoms with E-state index in [0.29, 0.717) is 24.2 Å². The van der Waals surface area contributed by atoms with E-state index in [1.54, 1.807) is 30.0 Å². The molecule has 0 aliphatic carbocycles. The van der Waals surface area contributed by atoms with Crippen LogP contribution in [0.1, 0.15) is 39.2 Å². The highest BCUT2D eigenvalue weighted by molar-refractivity contribution is 5.87. The van der Waals surface area contributed by atoms with Crippen LogP contribution in [0.2, 0.25) is 0 Å². The number of pyridine rings is 3. The largest absolute Gasteiger partial charge is 0.444 e. The molecule has 0 saturated carbocycles. The summed E-state index contributed by atoms with van der Waals surface area (Å²) in [4.78, 5) is 34.1. The van der Waals surface area contributed by atoms with E-state index >= 15 is 0 Å². The van der Waals surface area contributed by atoms with Gasteiger partial charge in [-0.15, -0.1) is 0 Å².